The Balaban J connectivity index is 1.50. The van der Waals surface area contributed by atoms with Crippen LogP contribution in [0.5, 0.6) is 5.88 Å². The maximum absolute atomic E-state index is 5.62. The molecule has 0 spiro atoms. The predicted octanol–water partition coefficient (Wildman–Crippen LogP) is 3.07. The Kier molecular flexibility index (Phi) is 4.28. The summed E-state index contributed by atoms with van der Waals surface area (Å²) in [6, 6.07) is 12.5. The van der Waals surface area contributed by atoms with E-state index in [2.05, 4.69) is 31.4 Å². The molecule has 1 fully saturated rings. The summed E-state index contributed by atoms with van der Waals surface area (Å²) in [6.07, 6.45) is 2.56. The fourth-order valence-electron chi connectivity index (χ4n) is 1.79. The van der Waals surface area contributed by atoms with Crippen LogP contribution in [-0.4, -0.2) is 16.2 Å². The van der Waals surface area contributed by atoms with Gasteiger partial charge in [0.05, 0.1) is 5.69 Å². The van der Waals surface area contributed by atoms with Crippen molar-refractivity contribution in [1.29, 1.82) is 0 Å². The SMILES string of the molecule is Brc1ccc(COc2ccc(CNC3CC3)nn2)cc1. The van der Waals surface area contributed by atoms with E-state index in [1.54, 1.807) is 0 Å². The zero-order valence-electron chi connectivity index (χ0n) is 11.1. The minimum Gasteiger partial charge on any atom is -0.472 e. The van der Waals surface area contributed by atoms with Crippen molar-refractivity contribution in [3.8, 4) is 5.88 Å². The Hall–Kier alpha value is -1.46. The van der Waals surface area contributed by atoms with Crippen LogP contribution in [0.3, 0.4) is 0 Å². The molecule has 20 heavy (non-hydrogen) atoms. The average Bonchev–Trinajstić information content (AvgIpc) is 3.30. The van der Waals surface area contributed by atoms with Crippen molar-refractivity contribution < 1.29 is 4.74 Å². The molecule has 0 atom stereocenters. The first kappa shape index (κ1) is 13.5. The van der Waals surface area contributed by atoms with Crippen LogP contribution in [-0.2, 0) is 13.2 Å². The summed E-state index contributed by atoms with van der Waals surface area (Å²) in [5, 5.41) is 11.7. The highest BCUT2D eigenvalue weighted by Gasteiger charge is 2.20. The highest BCUT2D eigenvalue weighted by molar-refractivity contribution is 9.10. The largest absolute Gasteiger partial charge is 0.472 e. The standard InChI is InChI=1S/C15H16BrN3O/c16-12-3-1-11(2-4-12)10-20-15-8-7-14(18-19-15)9-17-13-5-6-13/h1-4,7-8,13,17H,5-6,9-10H2. The Morgan fingerprint density at radius 1 is 1.10 bits per heavy atom. The van der Waals surface area contributed by atoms with Gasteiger partial charge in [0.25, 0.3) is 0 Å². The topological polar surface area (TPSA) is 47.0 Å². The van der Waals surface area contributed by atoms with Crippen molar-refractivity contribution in [2.24, 2.45) is 0 Å². The lowest BCUT2D eigenvalue weighted by molar-refractivity contribution is 0.289. The van der Waals surface area contributed by atoms with Gasteiger partial charge in [-0.1, -0.05) is 28.1 Å². The first-order valence-electron chi connectivity index (χ1n) is 6.73. The minimum atomic E-state index is 0.502. The van der Waals surface area contributed by atoms with Crippen LogP contribution in [0, 0.1) is 0 Å². The number of halogens is 1. The van der Waals surface area contributed by atoms with Crippen molar-refractivity contribution in [2.75, 3.05) is 0 Å². The molecule has 0 radical (unpaired) electrons. The molecule has 1 saturated carbocycles. The first-order valence-corrected chi connectivity index (χ1v) is 7.52. The highest BCUT2D eigenvalue weighted by Crippen LogP contribution is 2.19. The number of rotatable bonds is 6. The normalized spacial score (nSPS) is 14.2. The molecule has 1 N–H and O–H groups in total. The fourth-order valence-corrected chi connectivity index (χ4v) is 2.06. The molecule has 1 heterocycles. The van der Waals surface area contributed by atoms with Crippen molar-refractivity contribution in [3.05, 3.63) is 52.1 Å². The third-order valence-electron chi connectivity index (χ3n) is 3.14. The van der Waals surface area contributed by atoms with E-state index in [0.29, 0.717) is 18.5 Å². The van der Waals surface area contributed by atoms with Crippen LogP contribution in [0.15, 0.2) is 40.9 Å². The number of nitrogens with zero attached hydrogens (tertiary/aromatic N) is 2. The second-order valence-electron chi connectivity index (χ2n) is 4.93. The zero-order valence-corrected chi connectivity index (χ0v) is 12.6. The molecule has 1 aromatic heterocycles. The first-order chi connectivity index (χ1) is 9.79. The summed E-state index contributed by atoms with van der Waals surface area (Å²) in [5.74, 6) is 0.558. The van der Waals surface area contributed by atoms with Gasteiger partial charge in [-0.15, -0.1) is 5.10 Å². The maximum Gasteiger partial charge on any atom is 0.233 e. The molecule has 0 saturated heterocycles. The monoisotopic (exact) mass is 333 g/mol. The second-order valence-corrected chi connectivity index (χ2v) is 5.85. The van der Waals surface area contributed by atoms with Crippen LogP contribution in [0.1, 0.15) is 24.1 Å². The lowest BCUT2D eigenvalue weighted by atomic mass is 10.2. The van der Waals surface area contributed by atoms with Crippen LogP contribution in [0.4, 0.5) is 0 Å². The van der Waals surface area contributed by atoms with Gasteiger partial charge >= 0.3 is 0 Å². The van der Waals surface area contributed by atoms with Crippen LogP contribution in [0.25, 0.3) is 0 Å². The summed E-state index contributed by atoms with van der Waals surface area (Å²) in [7, 11) is 0. The van der Waals surface area contributed by atoms with Crippen LogP contribution >= 0.6 is 15.9 Å². The minimum absolute atomic E-state index is 0.502. The summed E-state index contributed by atoms with van der Waals surface area (Å²) in [4.78, 5) is 0. The smallest absolute Gasteiger partial charge is 0.233 e. The van der Waals surface area contributed by atoms with E-state index in [9.17, 15) is 0 Å². The Morgan fingerprint density at radius 3 is 2.55 bits per heavy atom. The molecule has 0 unspecified atom stereocenters. The third kappa shape index (κ3) is 4.02. The molecular formula is C15H16BrN3O. The van der Waals surface area contributed by atoms with Gasteiger partial charge in [0.15, 0.2) is 0 Å². The van der Waals surface area contributed by atoms with E-state index in [1.807, 2.05) is 36.4 Å². The molecule has 0 bridgehead atoms. The molecule has 5 heteroatoms. The van der Waals surface area contributed by atoms with E-state index in [1.165, 1.54) is 12.8 Å². The van der Waals surface area contributed by atoms with Crippen molar-refractivity contribution in [2.45, 2.75) is 32.0 Å². The molecule has 3 rings (SSSR count). The average molecular weight is 334 g/mol. The van der Waals surface area contributed by atoms with Gasteiger partial charge < -0.3 is 10.1 Å². The zero-order chi connectivity index (χ0) is 13.8. The summed E-state index contributed by atoms with van der Waals surface area (Å²) in [6.45, 7) is 1.28. The molecule has 0 aliphatic heterocycles. The number of hydrogen-bond acceptors (Lipinski definition) is 4. The molecular weight excluding hydrogens is 318 g/mol. The van der Waals surface area contributed by atoms with Crippen molar-refractivity contribution in [1.82, 2.24) is 15.5 Å². The van der Waals surface area contributed by atoms with Gasteiger partial charge in [0, 0.05) is 23.1 Å². The Bertz CT molecular complexity index is 552. The van der Waals surface area contributed by atoms with E-state index in [0.717, 1.165) is 22.3 Å². The predicted molar refractivity (Wildman–Crippen MR) is 80.4 cm³/mol. The van der Waals surface area contributed by atoms with Crippen molar-refractivity contribution >= 4 is 15.9 Å². The lowest BCUT2D eigenvalue weighted by Crippen LogP contribution is -2.16. The van der Waals surface area contributed by atoms with Crippen LogP contribution in [0.2, 0.25) is 0 Å². The van der Waals surface area contributed by atoms with Gasteiger partial charge in [0.1, 0.15) is 6.61 Å². The summed E-state index contributed by atoms with van der Waals surface area (Å²) >= 11 is 3.41. The number of benzene rings is 1. The quantitative estimate of drug-likeness (QED) is 0.882. The fraction of sp³-hybridized carbons (Fsp3) is 0.333. The highest BCUT2D eigenvalue weighted by atomic mass is 79.9. The van der Waals surface area contributed by atoms with E-state index >= 15 is 0 Å². The van der Waals surface area contributed by atoms with E-state index in [4.69, 9.17) is 4.74 Å². The molecule has 104 valence electrons. The Labute approximate surface area is 126 Å². The third-order valence-corrected chi connectivity index (χ3v) is 3.67. The molecule has 1 aliphatic carbocycles. The van der Waals surface area contributed by atoms with Gasteiger partial charge in [-0.3, -0.25) is 0 Å². The molecule has 1 aliphatic rings. The molecule has 1 aromatic carbocycles. The van der Waals surface area contributed by atoms with Crippen molar-refractivity contribution in [3.63, 3.8) is 0 Å². The number of ether oxygens (including phenoxy) is 1. The van der Waals surface area contributed by atoms with Gasteiger partial charge in [0.2, 0.25) is 5.88 Å². The second kappa shape index (κ2) is 6.33. The lowest BCUT2D eigenvalue weighted by Gasteiger charge is -2.06. The molecule has 4 nitrogen and oxygen atoms in total. The van der Waals surface area contributed by atoms with E-state index in [-0.39, 0.29) is 0 Å². The van der Waals surface area contributed by atoms with Gasteiger partial charge in [-0.2, -0.15) is 5.10 Å². The molecule has 2 aromatic rings. The van der Waals surface area contributed by atoms with Gasteiger partial charge in [-0.25, -0.2) is 0 Å². The number of nitrogens with one attached hydrogen (secondary N) is 1. The summed E-state index contributed by atoms with van der Waals surface area (Å²) in [5.41, 5.74) is 2.06. The number of aromatic nitrogens is 2. The summed E-state index contributed by atoms with van der Waals surface area (Å²) < 4.78 is 6.68. The number of hydrogen-bond donors (Lipinski definition) is 1. The maximum atomic E-state index is 5.62. The van der Waals surface area contributed by atoms with Crippen LogP contribution < -0.4 is 10.1 Å². The van der Waals surface area contributed by atoms with E-state index < -0.39 is 0 Å². The van der Waals surface area contributed by atoms with Gasteiger partial charge in [-0.05, 0) is 36.6 Å². The molecule has 0 amide bonds. The Morgan fingerprint density at radius 2 is 1.90 bits per heavy atom.